The molecule has 1 rings (SSSR count). The number of hydrogen-bond donors (Lipinski definition) is 2. The van der Waals surface area contributed by atoms with E-state index in [1.165, 1.54) is 0 Å². The van der Waals surface area contributed by atoms with Gasteiger partial charge in [-0.3, -0.25) is 9.52 Å². The summed E-state index contributed by atoms with van der Waals surface area (Å²) in [7, 11) is -3.38. The summed E-state index contributed by atoms with van der Waals surface area (Å²) in [4.78, 5) is 11.6. The Balaban J connectivity index is 2.87. The predicted molar refractivity (Wildman–Crippen MR) is 77.6 cm³/mol. The first kappa shape index (κ1) is 15.5. The van der Waals surface area contributed by atoms with Crippen molar-refractivity contribution in [3.63, 3.8) is 0 Å². The molecule has 0 spiro atoms. The zero-order valence-corrected chi connectivity index (χ0v) is 12.4. The van der Waals surface area contributed by atoms with E-state index in [0.29, 0.717) is 11.4 Å². The second-order valence-corrected chi connectivity index (χ2v) is 7.16. The minimum atomic E-state index is -3.38. The molecular formula is C13H20N2O3S. The summed E-state index contributed by atoms with van der Waals surface area (Å²) in [5.74, 6) is -0.236. The fourth-order valence-electron chi connectivity index (χ4n) is 1.23. The summed E-state index contributed by atoms with van der Waals surface area (Å²) in [6, 6.07) is 6.65. The third-order valence-electron chi connectivity index (χ3n) is 2.54. The molecule has 5 nitrogen and oxygen atoms in total. The number of amides is 1. The van der Waals surface area contributed by atoms with Gasteiger partial charge in [-0.15, -0.1) is 0 Å². The normalized spacial score (nSPS) is 11.7. The lowest BCUT2D eigenvalue weighted by molar-refractivity contribution is -0.118. The van der Waals surface area contributed by atoms with Gasteiger partial charge in [-0.1, -0.05) is 19.9 Å². The van der Waals surface area contributed by atoms with Crippen LogP contribution in [-0.4, -0.2) is 19.6 Å². The van der Waals surface area contributed by atoms with Crippen LogP contribution < -0.4 is 10.0 Å². The van der Waals surface area contributed by atoms with Gasteiger partial charge in [0.05, 0.1) is 10.9 Å². The summed E-state index contributed by atoms with van der Waals surface area (Å²) < 4.78 is 26.0. The number of benzene rings is 1. The van der Waals surface area contributed by atoms with Crippen molar-refractivity contribution in [1.82, 2.24) is 0 Å². The molecule has 0 heterocycles. The molecule has 0 aliphatic heterocycles. The number of nitrogens with one attached hydrogen (secondary N) is 2. The minimum Gasteiger partial charge on any atom is -0.326 e. The lowest BCUT2D eigenvalue weighted by Gasteiger charge is -2.12. The average molecular weight is 284 g/mol. The number of hydrogen-bond acceptors (Lipinski definition) is 3. The lowest BCUT2D eigenvalue weighted by atomic mass is 10.2. The van der Waals surface area contributed by atoms with Crippen LogP contribution in [0.15, 0.2) is 24.3 Å². The Kier molecular flexibility index (Phi) is 4.94. The number of anilines is 2. The van der Waals surface area contributed by atoms with Crippen molar-refractivity contribution in [2.75, 3.05) is 10.0 Å². The Labute approximate surface area is 114 Å². The Morgan fingerprint density at radius 3 is 2.21 bits per heavy atom. The maximum Gasteiger partial charge on any atom is 0.235 e. The molecule has 0 aliphatic rings. The van der Waals surface area contributed by atoms with Gasteiger partial charge in [0, 0.05) is 11.6 Å². The predicted octanol–water partition coefficient (Wildman–Crippen LogP) is 2.43. The monoisotopic (exact) mass is 284 g/mol. The molecule has 0 unspecified atom stereocenters. The van der Waals surface area contributed by atoms with Crippen molar-refractivity contribution >= 4 is 27.3 Å². The van der Waals surface area contributed by atoms with Crippen molar-refractivity contribution in [2.24, 2.45) is 5.92 Å². The second-order valence-electron chi connectivity index (χ2n) is 4.92. The molecule has 0 saturated heterocycles. The van der Waals surface area contributed by atoms with Gasteiger partial charge in [-0.25, -0.2) is 8.42 Å². The SMILES string of the molecule is CC(C)C(=O)Nc1cccc(NS(=O)(=O)C(C)C)c1. The molecule has 0 aromatic heterocycles. The van der Waals surface area contributed by atoms with E-state index in [-0.39, 0.29) is 11.8 Å². The van der Waals surface area contributed by atoms with Crippen molar-refractivity contribution in [3.05, 3.63) is 24.3 Å². The molecule has 1 aromatic carbocycles. The largest absolute Gasteiger partial charge is 0.326 e. The summed E-state index contributed by atoms with van der Waals surface area (Å²) >= 11 is 0. The molecule has 0 fully saturated rings. The van der Waals surface area contributed by atoms with E-state index in [1.807, 2.05) is 0 Å². The highest BCUT2D eigenvalue weighted by Gasteiger charge is 2.15. The van der Waals surface area contributed by atoms with Gasteiger partial charge in [-0.05, 0) is 32.0 Å². The highest BCUT2D eigenvalue weighted by molar-refractivity contribution is 7.93. The summed E-state index contributed by atoms with van der Waals surface area (Å²) in [5, 5.41) is 2.21. The molecule has 0 atom stereocenters. The van der Waals surface area contributed by atoms with Crippen LogP contribution in [-0.2, 0) is 14.8 Å². The van der Waals surface area contributed by atoms with Crippen LogP contribution in [0.1, 0.15) is 27.7 Å². The fourth-order valence-corrected chi connectivity index (χ4v) is 1.92. The Bertz CT molecular complexity index is 551. The molecule has 106 valence electrons. The molecule has 0 radical (unpaired) electrons. The van der Waals surface area contributed by atoms with E-state index in [0.717, 1.165) is 0 Å². The van der Waals surface area contributed by atoms with Gasteiger partial charge in [0.2, 0.25) is 15.9 Å². The second kappa shape index (κ2) is 6.06. The highest BCUT2D eigenvalue weighted by atomic mass is 32.2. The van der Waals surface area contributed by atoms with Gasteiger partial charge in [0.1, 0.15) is 0 Å². The maximum absolute atomic E-state index is 11.7. The van der Waals surface area contributed by atoms with Crippen LogP contribution in [0.25, 0.3) is 0 Å². The zero-order valence-electron chi connectivity index (χ0n) is 11.6. The van der Waals surface area contributed by atoms with Crippen molar-refractivity contribution in [3.8, 4) is 0 Å². The van der Waals surface area contributed by atoms with Crippen LogP contribution >= 0.6 is 0 Å². The van der Waals surface area contributed by atoms with E-state index in [1.54, 1.807) is 52.0 Å². The molecule has 2 N–H and O–H groups in total. The topological polar surface area (TPSA) is 75.3 Å². The van der Waals surface area contributed by atoms with Crippen molar-refractivity contribution in [1.29, 1.82) is 0 Å². The molecule has 0 bridgehead atoms. The van der Waals surface area contributed by atoms with Gasteiger partial charge >= 0.3 is 0 Å². The number of rotatable bonds is 5. The Morgan fingerprint density at radius 1 is 1.11 bits per heavy atom. The van der Waals surface area contributed by atoms with Crippen LogP contribution in [0, 0.1) is 5.92 Å². The van der Waals surface area contributed by atoms with E-state index in [2.05, 4.69) is 10.0 Å². The molecule has 19 heavy (non-hydrogen) atoms. The van der Waals surface area contributed by atoms with E-state index in [9.17, 15) is 13.2 Å². The molecule has 0 saturated carbocycles. The first-order valence-corrected chi connectivity index (χ1v) is 7.69. The molecular weight excluding hydrogens is 264 g/mol. The van der Waals surface area contributed by atoms with E-state index in [4.69, 9.17) is 0 Å². The van der Waals surface area contributed by atoms with Gasteiger partial charge < -0.3 is 5.32 Å². The van der Waals surface area contributed by atoms with Gasteiger partial charge in [-0.2, -0.15) is 0 Å². The van der Waals surface area contributed by atoms with E-state index >= 15 is 0 Å². The van der Waals surface area contributed by atoms with Crippen molar-refractivity contribution < 1.29 is 13.2 Å². The smallest absolute Gasteiger partial charge is 0.235 e. The van der Waals surface area contributed by atoms with E-state index < -0.39 is 15.3 Å². The van der Waals surface area contributed by atoms with Crippen LogP contribution in [0.3, 0.4) is 0 Å². The zero-order chi connectivity index (χ0) is 14.6. The molecule has 6 heteroatoms. The lowest BCUT2D eigenvalue weighted by Crippen LogP contribution is -2.22. The summed E-state index contributed by atoms with van der Waals surface area (Å²) in [6.45, 7) is 6.79. The average Bonchev–Trinajstić information content (AvgIpc) is 2.28. The summed E-state index contributed by atoms with van der Waals surface area (Å²) in [6.07, 6.45) is 0. The molecule has 0 aliphatic carbocycles. The quantitative estimate of drug-likeness (QED) is 0.872. The minimum absolute atomic E-state index is 0.108. The van der Waals surface area contributed by atoms with Crippen molar-refractivity contribution in [2.45, 2.75) is 32.9 Å². The third kappa shape index (κ3) is 4.55. The Hall–Kier alpha value is -1.56. The van der Waals surface area contributed by atoms with Gasteiger partial charge in [0.15, 0.2) is 0 Å². The Morgan fingerprint density at radius 2 is 1.68 bits per heavy atom. The van der Waals surface area contributed by atoms with Crippen LogP contribution in [0.2, 0.25) is 0 Å². The number of sulfonamides is 1. The number of carbonyl (C=O) groups is 1. The van der Waals surface area contributed by atoms with Crippen LogP contribution in [0.4, 0.5) is 11.4 Å². The molecule has 1 aromatic rings. The summed E-state index contributed by atoms with van der Waals surface area (Å²) in [5.41, 5.74) is 1.01. The fraction of sp³-hybridized carbons (Fsp3) is 0.462. The molecule has 1 amide bonds. The van der Waals surface area contributed by atoms with Gasteiger partial charge in [0.25, 0.3) is 0 Å². The highest BCUT2D eigenvalue weighted by Crippen LogP contribution is 2.18. The standard InChI is InChI=1S/C13H20N2O3S/c1-9(2)13(16)14-11-6-5-7-12(8-11)15-19(17,18)10(3)4/h5-10,15H,1-4H3,(H,14,16). The third-order valence-corrected chi connectivity index (χ3v) is 4.30. The first-order valence-electron chi connectivity index (χ1n) is 6.15. The van der Waals surface area contributed by atoms with Crippen LogP contribution in [0.5, 0.6) is 0 Å². The maximum atomic E-state index is 11.7. The number of carbonyl (C=O) groups excluding carboxylic acids is 1. The first-order chi connectivity index (χ1) is 8.72.